The molecule has 2 rings (SSSR count). The predicted molar refractivity (Wildman–Crippen MR) is 79.2 cm³/mol. The molecule has 0 saturated carbocycles. The van der Waals surface area contributed by atoms with Gasteiger partial charge in [0.2, 0.25) is 5.91 Å². The van der Waals surface area contributed by atoms with E-state index in [2.05, 4.69) is 21.2 Å². The van der Waals surface area contributed by atoms with Gasteiger partial charge in [-0.15, -0.1) is 0 Å². The Labute approximate surface area is 126 Å². The number of carbonyl (C=O) groups is 1. The molecule has 2 atom stereocenters. The van der Waals surface area contributed by atoms with Crippen LogP contribution in [0.3, 0.4) is 0 Å². The van der Waals surface area contributed by atoms with Crippen molar-refractivity contribution in [2.24, 2.45) is 0 Å². The molecule has 0 spiro atoms. The van der Waals surface area contributed by atoms with Gasteiger partial charge in [-0.1, -0.05) is 15.9 Å². The number of nitrogens with one attached hydrogen (secondary N) is 1. The van der Waals surface area contributed by atoms with Gasteiger partial charge in [0, 0.05) is 17.1 Å². The van der Waals surface area contributed by atoms with Crippen molar-refractivity contribution in [1.82, 2.24) is 4.90 Å². The Kier molecular flexibility index (Phi) is 5.12. The SMILES string of the molecule is CC1CN(CC(=O)Nc2ccc(Br)cc2F)C(C)CO1. The highest BCUT2D eigenvalue weighted by Gasteiger charge is 2.25. The van der Waals surface area contributed by atoms with Crippen LogP contribution in [0.15, 0.2) is 22.7 Å². The van der Waals surface area contributed by atoms with Crippen LogP contribution in [0.2, 0.25) is 0 Å². The fourth-order valence-electron chi connectivity index (χ4n) is 2.16. The monoisotopic (exact) mass is 344 g/mol. The Hall–Kier alpha value is -0.980. The average molecular weight is 345 g/mol. The summed E-state index contributed by atoms with van der Waals surface area (Å²) in [5, 5.41) is 2.60. The van der Waals surface area contributed by atoms with E-state index in [0.29, 0.717) is 17.6 Å². The number of benzene rings is 1. The molecule has 1 saturated heterocycles. The Morgan fingerprint density at radius 3 is 3.00 bits per heavy atom. The molecular weight excluding hydrogens is 327 g/mol. The maximum absolute atomic E-state index is 13.6. The number of amides is 1. The molecule has 1 aromatic rings. The number of nitrogens with zero attached hydrogens (tertiary/aromatic N) is 1. The molecule has 1 N–H and O–H groups in total. The van der Waals surface area contributed by atoms with Crippen LogP contribution in [0.5, 0.6) is 0 Å². The lowest BCUT2D eigenvalue weighted by molar-refractivity contribution is -0.121. The summed E-state index contributed by atoms with van der Waals surface area (Å²) in [6.45, 7) is 5.55. The first-order chi connectivity index (χ1) is 9.45. The van der Waals surface area contributed by atoms with E-state index >= 15 is 0 Å². The zero-order valence-electron chi connectivity index (χ0n) is 11.5. The third kappa shape index (κ3) is 4.01. The second kappa shape index (κ2) is 6.65. The molecule has 1 aromatic carbocycles. The van der Waals surface area contributed by atoms with Crippen molar-refractivity contribution in [3.8, 4) is 0 Å². The number of hydrogen-bond donors (Lipinski definition) is 1. The van der Waals surface area contributed by atoms with Gasteiger partial charge in [-0.2, -0.15) is 0 Å². The van der Waals surface area contributed by atoms with Crippen LogP contribution in [0.1, 0.15) is 13.8 Å². The molecule has 0 aromatic heterocycles. The lowest BCUT2D eigenvalue weighted by atomic mass is 10.2. The van der Waals surface area contributed by atoms with E-state index in [1.807, 2.05) is 18.7 Å². The molecule has 0 radical (unpaired) electrons. The van der Waals surface area contributed by atoms with Crippen molar-refractivity contribution >= 4 is 27.5 Å². The molecule has 2 unspecified atom stereocenters. The Balaban J connectivity index is 1.94. The molecule has 0 aliphatic carbocycles. The Bertz CT molecular complexity index is 498. The molecule has 1 aliphatic heterocycles. The molecule has 1 fully saturated rings. The van der Waals surface area contributed by atoms with Crippen LogP contribution in [-0.2, 0) is 9.53 Å². The second-order valence-corrected chi connectivity index (χ2v) is 6.01. The Morgan fingerprint density at radius 1 is 1.55 bits per heavy atom. The second-order valence-electron chi connectivity index (χ2n) is 5.09. The average Bonchev–Trinajstić information content (AvgIpc) is 2.37. The van der Waals surface area contributed by atoms with Gasteiger partial charge in [0.15, 0.2) is 0 Å². The van der Waals surface area contributed by atoms with Gasteiger partial charge in [0.1, 0.15) is 5.82 Å². The van der Waals surface area contributed by atoms with Gasteiger partial charge in [-0.25, -0.2) is 4.39 Å². The number of hydrogen-bond acceptors (Lipinski definition) is 3. The molecule has 0 bridgehead atoms. The van der Waals surface area contributed by atoms with Gasteiger partial charge in [0.25, 0.3) is 0 Å². The molecule has 20 heavy (non-hydrogen) atoms. The standard InChI is InChI=1S/C14H18BrFN2O2/c1-9-8-20-10(2)6-18(9)7-14(19)17-13-4-3-11(15)5-12(13)16/h3-5,9-10H,6-8H2,1-2H3,(H,17,19). The van der Waals surface area contributed by atoms with Gasteiger partial charge in [-0.3, -0.25) is 9.69 Å². The minimum atomic E-state index is -0.448. The van der Waals surface area contributed by atoms with Crippen molar-refractivity contribution in [3.63, 3.8) is 0 Å². The van der Waals surface area contributed by atoms with E-state index in [9.17, 15) is 9.18 Å². The van der Waals surface area contributed by atoms with Crippen LogP contribution < -0.4 is 5.32 Å². The van der Waals surface area contributed by atoms with Crippen molar-refractivity contribution in [2.45, 2.75) is 26.0 Å². The number of ether oxygens (including phenoxy) is 1. The lowest BCUT2D eigenvalue weighted by Crippen LogP contribution is -2.50. The van der Waals surface area contributed by atoms with Crippen LogP contribution in [-0.4, -0.2) is 42.6 Å². The number of halogens is 2. The first kappa shape index (κ1) is 15.4. The maximum atomic E-state index is 13.6. The molecule has 1 heterocycles. The van der Waals surface area contributed by atoms with Gasteiger partial charge in [0.05, 0.1) is 24.9 Å². The van der Waals surface area contributed by atoms with Crippen molar-refractivity contribution in [1.29, 1.82) is 0 Å². The first-order valence-electron chi connectivity index (χ1n) is 6.56. The summed E-state index contributed by atoms with van der Waals surface area (Å²) >= 11 is 3.18. The van der Waals surface area contributed by atoms with Gasteiger partial charge >= 0.3 is 0 Å². The van der Waals surface area contributed by atoms with Crippen LogP contribution in [0.25, 0.3) is 0 Å². The molecule has 1 aliphatic rings. The van der Waals surface area contributed by atoms with Crippen LogP contribution in [0.4, 0.5) is 10.1 Å². The first-order valence-corrected chi connectivity index (χ1v) is 7.35. The maximum Gasteiger partial charge on any atom is 0.238 e. The normalized spacial score (nSPS) is 23.6. The fourth-order valence-corrected chi connectivity index (χ4v) is 2.49. The summed E-state index contributed by atoms with van der Waals surface area (Å²) in [4.78, 5) is 14.0. The van der Waals surface area contributed by atoms with Gasteiger partial charge < -0.3 is 10.1 Å². The fraction of sp³-hybridized carbons (Fsp3) is 0.500. The third-order valence-corrected chi connectivity index (χ3v) is 3.78. The molecule has 4 nitrogen and oxygen atoms in total. The van der Waals surface area contributed by atoms with Crippen molar-refractivity contribution in [2.75, 3.05) is 25.0 Å². The smallest absolute Gasteiger partial charge is 0.238 e. The van der Waals surface area contributed by atoms with Crippen molar-refractivity contribution in [3.05, 3.63) is 28.5 Å². The van der Waals surface area contributed by atoms with Crippen molar-refractivity contribution < 1.29 is 13.9 Å². The van der Waals surface area contributed by atoms with E-state index in [0.717, 1.165) is 0 Å². The topological polar surface area (TPSA) is 41.6 Å². The number of rotatable bonds is 3. The van der Waals surface area contributed by atoms with E-state index < -0.39 is 5.82 Å². The predicted octanol–water partition coefficient (Wildman–Crippen LogP) is 2.64. The highest BCUT2D eigenvalue weighted by molar-refractivity contribution is 9.10. The summed E-state index contributed by atoms with van der Waals surface area (Å²) in [5.74, 6) is -0.664. The number of anilines is 1. The summed E-state index contributed by atoms with van der Waals surface area (Å²) in [5.41, 5.74) is 0.201. The summed E-state index contributed by atoms with van der Waals surface area (Å²) < 4.78 is 19.8. The highest BCUT2D eigenvalue weighted by Crippen LogP contribution is 2.19. The van der Waals surface area contributed by atoms with E-state index in [1.54, 1.807) is 12.1 Å². The summed E-state index contributed by atoms with van der Waals surface area (Å²) in [7, 11) is 0. The largest absolute Gasteiger partial charge is 0.376 e. The van der Waals surface area contributed by atoms with E-state index in [-0.39, 0.29) is 30.3 Å². The van der Waals surface area contributed by atoms with E-state index in [1.165, 1.54) is 6.07 Å². The molecule has 110 valence electrons. The minimum Gasteiger partial charge on any atom is -0.376 e. The minimum absolute atomic E-state index is 0.114. The van der Waals surface area contributed by atoms with Crippen LogP contribution >= 0.6 is 15.9 Å². The highest BCUT2D eigenvalue weighted by atomic mass is 79.9. The molecular formula is C14H18BrFN2O2. The number of carbonyl (C=O) groups excluding carboxylic acids is 1. The zero-order chi connectivity index (χ0) is 14.7. The quantitative estimate of drug-likeness (QED) is 0.916. The van der Waals surface area contributed by atoms with Crippen LogP contribution in [0, 0.1) is 5.82 Å². The number of morpholine rings is 1. The van der Waals surface area contributed by atoms with Gasteiger partial charge in [-0.05, 0) is 32.0 Å². The zero-order valence-corrected chi connectivity index (χ0v) is 13.1. The lowest BCUT2D eigenvalue weighted by Gasteiger charge is -2.36. The summed E-state index contributed by atoms with van der Waals surface area (Å²) in [6.07, 6.45) is 0.114. The Morgan fingerprint density at radius 2 is 2.30 bits per heavy atom. The van der Waals surface area contributed by atoms with E-state index in [4.69, 9.17) is 4.74 Å². The molecule has 1 amide bonds. The third-order valence-electron chi connectivity index (χ3n) is 3.29. The molecule has 6 heteroatoms. The summed E-state index contributed by atoms with van der Waals surface area (Å²) in [6, 6.07) is 4.75.